The number of aromatic nitrogens is 2. The van der Waals surface area contributed by atoms with Gasteiger partial charge in [0, 0.05) is 11.3 Å². The molecule has 132 valence electrons. The van der Waals surface area contributed by atoms with E-state index in [-0.39, 0.29) is 5.82 Å². The van der Waals surface area contributed by atoms with E-state index in [4.69, 9.17) is 10.7 Å². The lowest BCUT2D eigenvalue weighted by Crippen LogP contribution is -1.95. The van der Waals surface area contributed by atoms with Crippen molar-refractivity contribution in [3.05, 3.63) is 47.3 Å². The summed E-state index contributed by atoms with van der Waals surface area (Å²) in [5.41, 5.74) is 11.9. The molecule has 0 aliphatic heterocycles. The molecule has 0 spiro atoms. The van der Waals surface area contributed by atoms with Crippen molar-refractivity contribution in [2.24, 2.45) is 0 Å². The number of aromatic amines is 1. The molecule has 3 N–H and O–H groups in total. The summed E-state index contributed by atoms with van der Waals surface area (Å²) in [6.07, 6.45) is 6.93. The van der Waals surface area contributed by atoms with Crippen LogP contribution >= 0.6 is 0 Å². The smallest absolute Gasteiger partial charge is 0.140 e. The molecule has 0 atom stereocenters. The monoisotopic (exact) mass is 339 g/mol. The Morgan fingerprint density at radius 2 is 1.68 bits per heavy atom. The lowest BCUT2D eigenvalue weighted by atomic mass is 9.97. The van der Waals surface area contributed by atoms with Gasteiger partial charge in [-0.15, -0.1) is 0 Å². The second-order valence-corrected chi connectivity index (χ2v) is 6.66. The Kier molecular flexibility index (Phi) is 5.37. The van der Waals surface area contributed by atoms with Crippen molar-refractivity contribution < 1.29 is 4.39 Å². The van der Waals surface area contributed by atoms with E-state index < -0.39 is 0 Å². The van der Waals surface area contributed by atoms with Crippen LogP contribution in [0.2, 0.25) is 0 Å². The minimum absolute atomic E-state index is 0.332. The number of unbranched alkanes of at least 4 members (excludes halogenated alkanes) is 2. The van der Waals surface area contributed by atoms with Crippen molar-refractivity contribution >= 4 is 16.7 Å². The first-order valence-corrected chi connectivity index (χ1v) is 9.19. The van der Waals surface area contributed by atoms with Gasteiger partial charge in [-0.05, 0) is 67.1 Å². The maximum Gasteiger partial charge on any atom is 0.140 e. The third kappa shape index (κ3) is 3.84. The van der Waals surface area contributed by atoms with Crippen molar-refractivity contribution in [3.8, 4) is 11.4 Å². The largest absolute Gasteiger partial charge is 0.398 e. The van der Waals surface area contributed by atoms with E-state index in [1.165, 1.54) is 48.9 Å². The van der Waals surface area contributed by atoms with Crippen molar-refractivity contribution in [2.75, 3.05) is 5.73 Å². The standard InChI is InChI=1S/C21H26FN3/c1-3-5-7-14-11-19-20(12-15(14)8-6-4-2)25-21(24-19)17-10-9-16(22)13-18(17)23/h9-13H,3-8,23H2,1-2H3,(H,24,25). The highest BCUT2D eigenvalue weighted by atomic mass is 19.1. The fourth-order valence-electron chi connectivity index (χ4n) is 3.22. The van der Waals surface area contributed by atoms with Crippen molar-refractivity contribution in [2.45, 2.75) is 52.4 Å². The van der Waals surface area contributed by atoms with Crippen LogP contribution in [0.5, 0.6) is 0 Å². The zero-order valence-corrected chi connectivity index (χ0v) is 15.0. The molecule has 3 nitrogen and oxygen atoms in total. The molecule has 25 heavy (non-hydrogen) atoms. The van der Waals surface area contributed by atoms with Gasteiger partial charge in [0.2, 0.25) is 0 Å². The summed E-state index contributed by atoms with van der Waals surface area (Å²) < 4.78 is 13.3. The lowest BCUT2D eigenvalue weighted by molar-refractivity contribution is 0.628. The number of nitrogens with zero attached hydrogens (tertiary/aromatic N) is 1. The summed E-state index contributed by atoms with van der Waals surface area (Å²) >= 11 is 0. The second-order valence-electron chi connectivity index (χ2n) is 6.66. The topological polar surface area (TPSA) is 54.7 Å². The van der Waals surface area contributed by atoms with Crippen molar-refractivity contribution in [1.82, 2.24) is 9.97 Å². The van der Waals surface area contributed by atoms with Gasteiger partial charge in [-0.3, -0.25) is 0 Å². The van der Waals surface area contributed by atoms with Crippen LogP contribution in [0.15, 0.2) is 30.3 Å². The van der Waals surface area contributed by atoms with E-state index in [0.717, 1.165) is 29.4 Å². The van der Waals surface area contributed by atoms with Gasteiger partial charge in [-0.1, -0.05) is 26.7 Å². The summed E-state index contributed by atoms with van der Waals surface area (Å²) in [7, 11) is 0. The van der Waals surface area contributed by atoms with Gasteiger partial charge >= 0.3 is 0 Å². The van der Waals surface area contributed by atoms with E-state index in [1.807, 2.05) is 0 Å². The number of aryl methyl sites for hydroxylation is 2. The zero-order chi connectivity index (χ0) is 17.8. The van der Waals surface area contributed by atoms with Crippen LogP contribution in [0.3, 0.4) is 0 Å². The Morgan fingerprint density at radius 1 is 1.00 bits per heavy atom. The Morgan fingerprint density at radius 3 is 2.32 bits per heavy atom. The molecule has 0 saturated carbocycles. The molecule has 0 amide bonds. The molecule has 0 aliphatic rings. The van der Waals surface area contributed by atoms with E-state index >= 15 is 0 Å². The zero-order valence-electron chi connectivity index (χ0n) is 15.0. The molecule has 1 aromatic heterocycles. The van der Waals surface area contributed by atoms with E-state index in [1.54, 1.807) is 6.07 Å². The summed E-state index contributed by atoms with van der Waals surface area (Å²) in [6, 6.07) is 8.86. The number of rotatable bonds is 7. The average Bonchev–Trinajstić information content (AvgIpc) is 2.99. The molecule has 0 radical (unpaired) electrons. The molecule has 0 fully saturated rings. The van der Waals surface area contributed by atoms with Crippen LogP contribution in [-0.2, 0) is 12.8 Å². The van der Waals surface area contributed by atoms with Gasteiger partial charge in [-0.2, -0.15) is 0 Å². The number of halogens is 1. The number of H-pyrrole nitrogens is 1. The number of hydrogen-bond acceptors (Lipinski definition) is 2. The van der Waals surface area contributed by atoms with Crippen LogP contribution in [0.1, 0.15) is 50.7 Å². The fourth-order valence-corrected chi connectivity index (χ4v) is 3.22. The first-order valence-electron chi connectivity index (χ1n) is 9.19. The molecule has 3 aromatic rings. The third-order valence-corrected chi connectivity index (χ3v) is 4.67. The SMILES string of the molecule is CCCCc1cc2nc(-c3ccc(F)cc3N)[nH]c2cc1CCCC. The number of benzene rings is 2. The number of anilines is 1. The number of imidazole rings is 1. The minimum atomic E-state index is -0.332. The van der Waals surface area contributed by atoms with E-state index in [0.29, 0.717) is 11.5 Å². The van der Waals surface area contributed by atoms with Gasteiger partial charge in [0.25, 0.3) is 0 Å². The molecule has 0 bridgehead atoms. The predicted molar refractivity (Wildman–Crippen MR) is 103 cm³/mol. The highest BCUT2D eigenvalue weighted by molar-refractivity contribution is 5.83. The summed E-state index contributed by atoms with van der Waals surface area (Å²) in [5.74, 6) is 0.364. The van der Waals surface area contributed by atoms with Gasteiger partial charge in [-0.25, -0.2) is 9.37 Å². The Hall–Kier alpha value is -2.36. The Bertz CT molecular complexity index is 822. The maximum absolute atomic E-state index is 13.3. The number of nitrogens with one attached hydrogen (secondary N) is 1. The van der Waals surface area contributed by atoms with Crippen molar-refractivity contribution in [3.63, 3.8) is 0 Å². The Labute approximate surface area is 148 Å². The van der Waals surface area contributed by atoms with Gasteiger partial charge in [0.15, 0.2) is 0 Å². The molecule has 2 aromatic carbocycles. The van der Waals surface area contributed by atoms with Crippen LogP contribution < -0.4 is 5.73 Å². The number of nitrogens with two attached hydrogens (primary N) is 1. The average molecular weight is 339 g/mol. The molecular weight excluding hydrogens is 313 g/mol. The van der Waals surface area contributed by atoms with Gasteiger partial charge < -0.3 is 10.7 Å². The quantitative estimate of drug-likeness (QED) is 0.548. The highest BCUT2D eigenvalue weighted by Crippen LogP contribution is 2.28. The third-order valence-electron chi connectivity index (χ3n) is 4.67. The molecule has 0 saturated heterocycles. The maximum atomic E-state index is 13.3. The highest BCUT2D eigenvalue weighted by Gasteiger charge is 2.12. The van der Waals surface area contributed by atoms with Crippen LogP contribution in [-0.4, -0.2) is 9.97 Å². The number of nitrogen functional groups attached to an aromatic ring is 1. The molecule has 1 heterocycles. The predicted octanol–water partition coefficient (Wildman–Crippen LogP) is 5.64. The van der Waals surface area contributed by atoms with Gasteiger partial charge in [0.1, 0.15) is 11.6 Å². The van der Waals surface area contributed by atoms with E-state index in [9.17, 15) is 4.39 Å². The summed E-state index contributed by atoms with van der Waals surface area (Å²) in [4.78, 5) is 8.06. The second kappa shape index (κ2) is 7.68. The van der Waals surface area contributed by atoms with Crippen molar-refractivity contribution in [1.29, 1.82) is 0 Å². The fraction of sp³-hybridized carbons (Fsp3) is 0.381. The van der Waals surface area contributed by atoms with E-state index in [2.05, 4.69) is 31.0 Å². The normalized spacial score (nSPS) is 11.3. The first-order chi connectivity index (χ1) is 12.1. The van der Waals surface area contributed by atoms with Crippen LogP contribution in [0.25, 0.3) is 22.4 Å². The molecule has 0 aliphatic carbocycles. The van der Waals surface area contributed by atoms with Crippen LogP contribution in [0, 0.1) is 5.82 Å². The summed E-state index contributed by atoms with van der Waals surface area (Å²) in [5, 5.41) is 0. The number of fused-ring (bicyclic) bond motifs is 1. The lowest BCUT2D eigenvalue weighted by Gasteiger charge is -2.09. The molecular formula is C21H26FN3. The molecule has 0 unspecified atom stereocenters. The number of hydrogen-bond donors (Lipinski definition) is 2. The molecule has 3 rings (SSSR count). The summed E-state index contributed by atoms with van der Waals surface area (Å²) in [6.45, 7) is 4.43. The van der Waals surface area contributed by atoms with Crippen LogP contribution in [0.4, 0.5) is 10.1 Å². The first kappa shape index (κ1) is 17.5. The molecule has 4 heteroatoms. The minimum Gasteiger partial charge on any atom is -0.398 e. The Balaban J connectivity index is 2.03. The van der Waals surface area contributed by atoms with Gasteiger partial charge in [0.05, 0.1) is 11.0 Å².